The Kier molecular flexibility index (Phi) is 6.22. The second kappa shape index (κ2) is 7.24. The van der Waals surface area contributed by atoms with Gasteiger partial charge in [0.2, 0.25) is 0 Å². The van der Waals surface area contributed by atoms with Crippen LogP contribution < -0.4 is 5.73 Å². The number of rotatable bonds is 6. The van der Waals surface area contributed by atoms with E-state index in [9.17, 15) is 0 Å². The van der Waals surface area contributed by atoms with E-state index in [0.717, 1.165) is 19.5 Å². The van der Waals surface area contributed by atoms with E-state index in [-0.39, 0.29) is 11.5 Å². The van der Waals surface area contributed by atoms with Crippen LogP contribution in [0.15, 0.2) is 24.3 Å². The number of likely N-dealkylation sites (N-methyl/N-ethyl adjacent to an activating group) is 1. The summed E-state index contributed by atoms with van der Waals surface area (Å²) in [5.74, 6) is 0. The van der Waals surface area contributed by atoms with Crippen LogP contribution in [-0.2, 0) is 6.54 Å². The molecule has 1 aromatic rings. The van der Waals surface area contributed by atoms with Crippen LogP contribution >= 0.6 is 0 Å². The van der Waals surface area contributed by atoms with Gasteiger partial charge in [0.05, 0.1) is 0 Å². The first-order valence-corrected chi connectivity index (χ1v) is 7.85. The van der Waals surface area contributed by atoms with Crippen LogP contribution in [0.2, 0.25) is 0 Å². The van der Waals surface area contributed by atoms with Gasteiger partial charge in [0.1, 0.15) is 0 Å². The van der Waals surface area contributed by atoms with Gasteiger partial charge in [-0.05, 0) is 36.4 Å². The second-order valence-electron chi connectivity index (χ2n) is 6.87. The Bertz CT molecular complexity index is 406. The molecule has 114 valence electrons. The van der Waals surface area contributed by atoms with Crippen molar-refractivity contribution in [3.8, 4) is 0 Å². The molecule has 0 heterocycles. The molecule has 1 rings (SSSR count). The van der Waals surface area contributed by atoms with E-state index in [1.54, 1.807) is 0 Å². The maximum Gasteiger partial charge on any atom is 0.0298 e. The number of nitrogens with two attached hydrogens (primary N) is 1. The molecule has 1 aromatic carbocycles. The third kappa shape index (κ3) is 4.32. The Morgan fingerprint density at radius 1 is 1.15 bits per heavy atom. The van der Waals surface area contributed by atoms with Gasteiger partial charge in [0.15, 0.2) is 0 Å². The minimum atomic E-state index is 0.189. The first-order chi connectivity index (χ1) is 9.31. The molecule has 0 radical (unpaired) electrons. The topological polar surface area (TPSA) is 29.3 Å². The molecule has 0 spiro atoms. The molecule has 2 N–H and O–H groups in total. The molecule has 0 fully saturated rings. The highest BCUT2D eigenvalue weighted by atomic mass is 15.2. The molecule has 2 heteroatoms. The predicted octanol–water partition coefficient (Wildman–Crippen LogP) is 3.97. The average Bonchev–Trinajstić information content (AvgIpc) is 2.38. The van der Waals surface area contributed by atoms with Gasteiger partial charge in [-0.25, -0.2) is 0 Å². The Hall–Kier alpha value is -0.860. The molecule has 0 aliphatic heterocycles. The van der Waals surface area contributed by atoms with Crippen molar-refractivity contribution in [2.24, 2.45) is 11.1 Å². The molecule has 0 saturated heterocycles. The molecule has 2 atom stereocenters. The highest BCUT2D eigenvalue weighted by Crippen LogP contribution is 2.29. The van der Waals surface area contributed by atoms with Gasteiger partial charge in [-0.3, -0.25) is 4.90 Å². The number of benzene rings is 1. The molecule has 0 aromatic heterocycles. The van der Waals surface area contributed by atoms with Gasteiger partial charge in [0, 0.05) is 18.6 Å². The minimum absolute atomic E-state index is 0.189. The maximum absolute atomic E-state index is 6.43. The zero-order valence-electron chi connectivity index (χ0n) is 14.1. The molecule has 0 aliphatic carbocycles. The standard InChI is InChI=1S/C18H32N2/c1-7-16(19)17(18(4,5)6)20(8-2)13-15-12-10-9-11-14(15)3/h9-12,16-17H,7-8,13,19H2,1-6H3. The van der Waals surface area contributed by atoms with E-state index in [0.29, 0.717) is 6.04 Å². The van der Waals surface area contributed by atoms with E-state index in [1.807, 2.05) is 0 Å². The summed E-state index contributed by atoms with van der Waals surface area (Å²) in [6.45, 7) is 15.5. The highest BCUT2D eigenvalue weighted by molar-refractivity contribution is 5.25. The first kappa shape index (κ1) is 17.2. The van der Waals surface area contributed by atoms with Gasteiger partial charge in [0.25, 0.3) is 0 Å². The van der Waals surface area contributed by atoms with E-state index < -0.39 is 0 Å². The summed E-state index contributed by atoms with van der Waals surface area (Å²) in [4.78, 5) is 2.54. The van der Waals surface area contributed by atoms with Crippen molar-refractivity contribution >= 4 is 0 Å². The van der Waals surface area contributed by atoms with Gasteiger partial charge in [-0.15, -0.1) is 0 Å². The van der Waals surface area contributed by atoms with Crippen molar-refractivity contribution in [3.63, 3.8) is 0 Å². The van der Waals surface area contributed by atoms with Crippen LogP contribution in [0.3, 0.4) is 0 Å². The van der Waals surface area contributed by atoms with Crippen LogP contribution in [0.1, 0.15) is 52.2 Å². The summed E-state index contributed by atoms with van der Waals surface area (Å²) in [7, 11) is 0. The lowest BCUT2D eigenvalue weighted by molar-refractivity contribution is 0.0741. The quantitative estimate of drug-likeness (QED) is 0.852. The van der Waals surface area contributed by atoms with Crippen LogP contribution in [0.5, 0.6) is 0 Å². The summed E-state index contributed by atoms with van der Waals surface area (Å²) >= 11 is 0. The largest absolute Gasteiger partial charge is 0.326 e. The van der Waals surface area contributed by atoms with Crippen molar-refractivity contribution < 1.29 is 0 Å². The van der Waals surface area contributed by atoms with Gasteiger partial charge in [-0.1, -0.05) is 58.9 Å². The van der Waals surface area contributed by atoms with E-state index in [1.165, 1.54) is 11.1 Å². The van der Waals surface area contributed by atoms with Gasteiger partial charge in [-0.2, -0.15) is 0 Å². The highest BCUT2D eigenvalue weighted by Gasteiger charge is 2.33. The normalized spacial score (nSPS) is 15.4. The Morgan fingerprint density at radius 2 is 1.75 bits per heavy atom. The van der Waals surface area contributed by atoms with Crippen molar-refractivity contribution in [2.75, 3.05) is 6.54 Å². The molecule has 2 nitrogen and oxygen atoms in total. The number of hydrogen-bond donors (Lipinski definition) is 1. The number of aryl methyl sites for hydroxylation is 1. The smallest absolute Gasteiger partial charge is 0.0298 e. The summed E-state index contributed by atoms with van der Waals surface area (Å²) in [6, 6.07) is 9.27. The van der Waals surface area contributed by atoms with Crippen molar-refractivity contribution in [2.45, 2.75) is 66.6 Å². The third-order valence-electron chi connectivity index (χ3n) is 4.20. The van der Waals surface area contributed by atoms with Crippen LogP contribution in [0.25, 0.3) is 0 Å². The summed E-state index contributed by atoms with van der Waals surface area (Å²) < 4.78 is 0. The molecule has 2 unspecified atom stereocenters. The zero-order valence-corrected chi connectivity index (χ0v) is 14.1. The molecule has 0 aliphatic rings. The van der Waals surface area contributed by atoms with Crippen LogP contribution in [-0.4, -0.2) is 23.5 Å². The Balaban J connectivity index is 3.00. The Morgan fingerprint density at radius 3 is 2.20 bits per heavy atom. The maximum atomic E-state index is 6.43. The van der Waals surface area contributed by atoms with Gasteiger partial charge >= 0.3 is 0 Å². The van der Waals surface area contributed by atoms with Crippen molar-refractivity contribution in [3.05, 3.63) is 35.4 Å². The fourth-order valence-corrected chi connectivity index (χ4v) is 3.10. The molecule has 0 bridgehead atoms. The third-order valence-corrected chi connectivity index (χ3v) is 4.20. The fourth-order valence-electron chi connectivity index (χ4n) is 3.10. The molecule has 0 saturated carbocycles. The molecule has 0 amide bonds. The van der Waals surface area contributed by atoms with E-state index >= 15 is 0 Å². The Labute approximate surface area is 125 Å². The lowest BCUT2D eigenvalue weighted by Crippen LogP contribution is -2.54. The van der Waals surface area contributed by atoms with E-state index in [2.05, 4.69) is 70.7 Å². The number of nitrogens with zero attached hydrogens (tertiary/aromatic N) is 1. The molecule has 20 heavy (non-hydrogen) atoms. The zero-order chi connectivity index (χ0) is 15.3. The summed E-state index contributed by atoms with van der Waals surface area (Å²) in [5.41, 5.74) is 9.39. The lowest BCUT2D eigenvalue weighted by atomic mass is 9.80. The van der Waals surface area contributed by atoms with Crippen molar-refractivity contribution in [1.82, 2.24) is 4.90 Å². The minimum Gasteiger partial charge on any atom is -0.326 e. The van der Waals surface area contributed by atoms with E-state index in [4.69, 9.17) is 5.73 Å². The van der Waals surface area contributed by atoms with Crippen LogP contribution in [0.4, 0.5) is 0 Å². The van der Waals surface area contributed by atoms with Crippen molar-refractivity contribution in [1.29, 1.82) is 0 Å². The molecular formula is C18H32N2. The SMILES string of the molecule is CCC(N)C(N(CC)Cc1ccccc1C)C(C)(C)C. The summed E-state index contributed by atoms with van der Waals surface area (Å²) in [5, 5.41) is 0. The molecular weight excluding hydrogens is 244 g/mol. The van der Waals surface area contributed by atoms with Gasteiger partial charge < -0.3 is 5.73 Å². The predicted molar refractivity (Wildman–Crippen MR) is 88.8 cm³/mol. The fraction of sp³-hybridized carbons (Fsp3) is 0.667. The average molecular weight is 276 g/mol. The first-order valence-electron chi connectivity index (χ1n) is 7.85. The monoisotopic (exact) mass is 276 g/mol. The number of hydrogen-bond acceptors (Lipinski definition) is 2. The van der Waals surface area contributed by atoms with Crippen LogP contribution in [0, 0.1) is 12.3 Å². The second-order valence-corrected chi connectivity index (χ2v) is 6.87. The lowest BCUT2D eigenvalue weighted by Gasteiger charge is -2.43. The summed E-state index contributed by atoms with van der Waals surface area (Å²) in [6.07, 6.45) is 1.02.